The van der Waals surface area contributed by atoms with Crippen LogP contribution in [0.25, 0.3) is 0 Å². The average molecular weight is 234 g/mol. The lowest BCUT2D eigenvalue weighted by molar-refractivity contribution is -0.135. The van der Waals surface area contributed by atoms with Gasteiger partial charge in [-0.2, -0.15) is 0 Å². The largest absolute Gasteiger partial charge is 0.394 e. The fraction of sp³-hybridized carbons (Fsp3) is 0.900. The molecule has 2 atom stereocenters. The van der Waals surface area contributed by atoms with Crippen molar-refractivity contribution in [3.05, 3.63) is 0 Å². The smallest absolute Gasteiger partial charge is 0.267 e. The zero-order chi connectivity index (χ0) is 11.8. The number of hydrogen-bond donors (Lipinski definition) is 2. The molecule has 6 heteroatoms. The molecule has 16 heavy (non-hydrogen) atoms. The maximum Gasteiger partial charge on any atom is 0.267 e. The van der Waals surface area contributed by atoms with Gasteiger partial charge in [-0.3, -0.25) is 4.79 Å². The first-order valence-corrected chi connectivity index (χ1v) is 5.56. The van der Waals surface area contributed by atoms with E-state index in [4.69, 9.17) is 5.11 Å². The first-order valence-electron chi connectivity index (χ1n) is 5.56. The quantitative estimate of drug-likeness (QED) is 0.705. The van der Waals surface area contributed by atoms with E-state index >= 15 is 0 Å². The Bertz CT molecular complexity index is 280. The van der Waals surface area contributed by atoms with Gasteiger partial charge >= 0.3 is 0 Å². The van der Waals surface area contributed by atoms with Crippen LogP contribution in [0.15, 0.2) is 0 Å². The van der Waals surface area contributed by atoms with E-state index in [2.05, 4.69) is 5.32 Å². The second kappa shape index (κ2) is 4.25. The van der Waals surface area contributed by atoms with Crippen LogP contribution >= 0.6 is 0 Å². The fourth-order valence-corrected chi connectivity index (χ4v) is 2.41. The van der Waals surface area contributed by atoms with E-state index in [1.165, 1.54) is 0 Å². The van der Waals surface area contributed by atoms with Crippen molar-refractivity contribution < 1.29 is 18.7 Å². The molecule has 2 heterocycles. The number of carbonyl (C=O) groups is 1. The van der Waals surface area contributed by atoms with Crippen molar-refractivity contribution in [2.75, 3.05) is 19.7 Å². The van der Waals surface area contributed by atoms with Crippen LogP contribution in [-0.2, 0) is 4.79 Å². The van der Waals surface area contributed by atoms with E-state index in [0.717, 1.165) is 17.9 Å². The van der Waals surface area contributed by atoms with Gasteiger partial charge < -0.3 is 15.3 Å². The zero-order valence-electron chi connectivity index (χ0n) is 8.96. The first-order chi connectivity index (χ1) is 7.53. The molecule has 0 radical (unpaired) electrons. The molecule has 4 nitrogen and oxygen atoms in total. The maximum absolute atomic E-state index is 13.2. The number of carbonyl (C=O) groups excluding carboxylic acids is 1. The Morgan fingerprint density at radius 1 is 1.56 bits per heavy atom. The average Bonchev–Trinajstić information content (AvgIpc) is 2.83. The number of rotatable bonds is 2. The molecule has 2 fully saturated rings. The summed E-state index contributed by atoms with van der Waals surface area (Å²) in [7, 11) is 0. The minimum Gasteiger partial charge on any atom is -0.394 e. The Hall–Kier alpha value is -0.750. The summed E-state index contributed by atoms with van der Waals surface area (Å²) in [6, 6.07) is -1.08. The minimum atomic E-state index is -2.86. The Morgan fingerprint density at radius 2 is 2.31 bits per heavy atom. The van der Waals surface area contributed by atoms with Gasteiger partial charge in [0.15, 0.2) is 0 Å². The minimum absolute atomic E-state index is 0.297. The van der Waals surface area contributed by atoms with Crippen molar-refractivity contribution in [2.24, 2.45) is 0 Å². The number of amides is 1. The van der Waals surface area contributed by atoms with Crippen LogP contribution in [0.1, 0.15) is 19.3 Å². The van der Waals surface area contributed by atoms with Crippen LogP contribution in [0.3, 0.4) is 0 Å². The Kier molecular flexibility index (Phi) is 3.12. The molecule has 2 N–H and O–H groups in total. The molecule has 2 rings (SSSR count). The van der Waals surface area contributed by atoms with Crippen LogP contribution in [-0.4, -0.2) is 53.6 Å². The molecule has 0 spiro atoms. The lowest BCUT2D eigenvalue weighted by Crippen LogP contribution is -2.47. The van der Waals surface area contributed by atoms with E-state index in [1.807, 2.05) is 0 Å². The number of halogens is 2. The van der Waals surface area contributed by atoms with Crippen molar-refractivity contribution in [2.45, 2.75) is 37.3 Å². The number of aliphatic hydroxyl groups excluding tert-OH is 1. The standard InChI is InChI=1S/C10H16F2N2O2/c11-10(12)4-7(5-15)14(6-10)9(16)8-2-1-3-13-8/h7-8,13,15H,1-6H2/t7-,8+/m0/s1. The van der Waals surface area contributed by atoms with Gasteiger partial charge in [0.25, 0.3) is 5.92 Å². The third kappa shape index (κ3) is 2.17. The summed E-state index contributed by atoms with van der Waals surface area (Å²) in [4.78, 5) is 13.1. The van der Waals surface area contributed by atoms with Crippen LogP contribution in [0.2, 0.25) is 0 Å². The van der Waals surface area contributed by atoms with Crippen molar-refractivity contribution in [1.82, 2.24) is 10.2 Å². The fourth-order valence-electron chi connectivity index (χ4n) is 2.41. The van der Waals surface area contributed by atoms with E-state index < -0.39 is 31.5 Å². The number of hydrogen-bond acceptors (Lipinski definition) is 3. The molecule has 2 aliphatic heterocycles. The summed E-state index contributed by atoms with van der Waals surface area (Å²) in [6.07, 6.45) is 1.16. The monoisotopic (exact) mass is 234 g/mol. The predicted molar refractivity (Wildman–Crippen MR) is 53.2 cm³/mol. The summed E-state index contributed by atoms with van der Waals surface area (Å²) in [5.74, 6) is -3.16. The number of aliphatic hydroxyl groups is 1. The lowest BCUT2D eigenvalue weighted by atomic mass is 10.1. The lowest BCUT2D eigenvalue weighted by Gasteiger charge is -2.25. The van der Waals surface area contributed by atoms with Gasteiger partial charge in [0.05, 0.1) is 25.2 Å². The van der Waals surface area contributed by atoms with Gasteiger partial charge in [0.2, 0.25) is 5.91 Å². The van der Waals surface area contributed by atoms with Gasteiger partial charge in [-0.1, -0.05) is 0 Å². The summed E-state index contributed by atoms with van der Waals surface area (Å²) in [6.45, 7) is -0.201. The molecule has 2 saturated heterocycles. The highest BCUT2D eigenvalue weighted by atomic mass is 19.3. The summed E-state index contributed by atoms with van der Waals surface area (Å²) in [5.41, 5.74) is 0. The molecule has 0 aliphatic carbocycles. The molecule has 0 bridgehead atoms. The van der Waals surface area contributed by atoms with Crippen molar-refractivity contribution in [1.29, 1.82) is 0 Å². The van der Waals surface area contributed by atoms with E-state index in [-0.39, 0.29) is 11.9 Å². The molecule has 0 aromatic heterocycles. The second-order valence-corrected chi connectivity index (χ2v) is 4.51. The Balaban J connectivity index is 2.04. The van der Waals surface area contributed by atoms with Crippen LogP contribution in [0.5, 0.6) is 0 Å². The molecule has 2 aliphatic rings. The van der Waals surface area contributed by atoms with E-state index in [1.54, 1.807) is 0 Å². The molecular weight excluding hydrogens is 218 g/mol. The summed E-state index contributed by atoms with van der Waals surface area (Å²) in [5, 5.41) is 12.0. The number of alkyl halides is 2. The third-order valence-corrected chi connectivity index (χ3v) is 3.23. The summed E-state index contributed by atoms with van der Waals surface area (Å²) >= 11 is 0. The second-order valence-electron chi connectivity index (χ2n) is 4.51. The molecule has 0 saturated carbocycles. The van der Waals surface area contributed by atoms with Crippen molar-refractivity contribution >= 4 is 5.91 Å². The van der Waals surface area contributed by atoms with Crippen LogP contribution in [0, 0.1) is 0 Å². The number of nitrogens with zero attached hydrogens (tertiary/aromatic N) is 1. The zero-order valence-corrected chi connectivity index (χ0v) is 8.96. The van der Waals surface area contributed by atoms with Crippen LogP contribution < -0.4 is 5.32 Å². The normalized spacial score (nSPS) is 33.3. The Labute approximate surface area is 92.6 Å². The van der Waals surface area contributed by atoms with E-state index in [9.17, 15) is 13.6 Å². The first kappa shape index (κ1) is 11.7. The van der Waals surface area contributed by atoms with Gasteiger partial charge in [-0.15, -0.1) is 0 Å². The topological polar surface area (TPSA) is 52.6 Å². The SMILES string of the molecule is O=C([C@H]1CCCN1)N1CC(F)(F)C[C@H]1CO. The van der Waals surface area contributed by atoms with Crippen molar-refractivity contribution in [3.8, 4) is 0 Å². The summed E-state index contributed by atoms with van der Waals surface area (Å²) < 4.78 is 26.3. The van der Waals surface area contributed by atoms with Crippen LogP contribution in [0.4, 0.5) is 8.78 Å². The number of nitrogens with one attached hydrogen (secondary N) is 1. The Morgan fingerprint density at radius 3 is 2.88 bits per heavy atom. The van der Waals surface area contributed by atoms with Crippen molar-refractivity contribution in [3.63, 3.8) is 0 Å². The van der Waals surface area contributed by atoms with Gasteiger partial charge in [0, 0.05) is 6.42 Å². The molecule has 0 aromatic rings. The van der Waals surface area contributed by atoms with Gasteiger partial charge in [-0.25, -0.2) is 8.78 Å². The highest BCUT2D eigenvalue weighted by Gasteiger charge is 2.47. The van der Waals surface area contributed by atoms with E-state index in [0.29, 0.717) is 6.42 Å². The molecule has 0 unspecified atom stereocenters. The third-order valence-electron chi connectivity index (χ3n) is 3.23. The molecule has 92 valence electrons. The highest BCUT2D eigenvalue weighted by Crippen LogP contribution is 2.32. The molecule has 0 aromatic carbocycles. The molecule has 1 amide bonds. The maximum atomic E-state index is 13.2. The molecular formula is C10H16F2N2O2. The highest BCUT2D eigenvalue weighted by molar-refractivity contribution is 5.83. The predicted octanol–water partition coefficient (Wildman–Crippen LogP) is -0.0331. The van der Waals surface area contributed by atoms with Gasteiger partial charge in [-0.05, 0) is 19.4 Å². The van der Waals surface area contributed by atoms with Gasteiger partial charge in [0.1, 0.15) is 0 Å². The number of likely N-dealkylation sites (tertiary alicyclic amines) is 1.